The Kier molecular flexibility index (Phi) is 7.44. The first-order chi connectivity index (χ1) is 15.4. The summed E-state index contributed by atoms with van der Waals surface area (Å²) in [7, 11) is 4.09. The van der Waals surface area contributed by atoms with Gasteiger partial charge in [-0.3, -0.25) is 9.69 Å². The van der Waals surface area contributed by atoms with Crippen LogP contribution in [-0.2, 0) is 6.42 Å². The van der Waals surface area contributed by atoms with Crippen LogP contribution in [-0.4, -0.2) is 79.7 Å². The summed E-state index contributed by atoms with van der Waals surface area (Å²) in [5.41, 5.74) is 7.92. The fourth-order valence-electron chi connectivity index (χ4n) is 5.20. The molecule has 1 atom stereocenters. The van der Waals surface area contributed by atoms with Gasteiger partial charge in [-0.15, -0.1) is 0 Å². The Balaban J connectivity index is 1.40. The number of amides is 1. The van der Waals surface area contributed by atoms with E-state index < -0.39 is 0 Å². The zero-order valence-corrected chi connectivity index (χ0v) is 20.5. The number of carbonyl (C=O) groups is 1. The average Bonchev–Trinajstić information content (AvgIpc) is 3.28. The van der Waals surface area contributed by atoms with Gasteiger partial charge in [-0.05, 0) is 50.8 Å². The van der Waals surface area contributed by atoms with Gasteiger partial charge in [-0.2, -0.15) is 0 Å². The lowest BCUT2D eigenvalue weighted by Gasteiger charge is -2.44. The number of benzene rings is 1. The molecule has 1 aromatic rings. The molecule has 3 heterocycles. The van der Waals surface area contributed by atoms with Gasteiger partial charge < -0.3 is 26.0 Å². The number of nitrogens with one attached hydrogen (secondary N) is 2. The van der Waals surface area contributed by atoms with Crippen molar-refractivity contribution in [2.75, 3.05) is 52.6 Å². The molecule has 32 heavy (non-hydrogen) atoms. The maximum atomic E-state index is 13.1. The normalized spacial score (nSPS) is 21.0. The van der Waals surface area contributed by atoms with Crippen molar-refractivity contribution in [3.8, 4) is 5.75 Å². The molecule has 3 aliphatic rings. The Labute approximate surface area is 201 Å². The number of likely N-dealkylation sites (tertiary alicyclic amines) is 1. The molecule has 9 heteroatoms. The third-order valence-corrected chi connectivity index (χ3v) is 7.92. The van der Waals surface area contributed by atoms with Gasteiger partial charge in [0, 0.05) is 45.2 Å². The van der Waals surface area contributed by atoms with Gasteiger partial charge in [-0.25, -0.2) is 0 Å². The second-order valence-electron chi connectivity index (χ2n) is 9.27. The van der Waals surface area contributed by atoms with Crippen LogP contribution in [0.2, 0.25) is 5.02 Å². The van der Waals surface area contributed by atoms with Crippen molar-refractivity contribution >= 4 is 40.4 Å². The highest BCUT2D eigenvalue weighted by molar-refractivity contribution is 7.80. The zero-order valence-electron chi connectivity index (χ0n) is 19.0. The maximum absolute atomic E-state index is 13.1. The highest BCUT2D eigenvalue weighted by Crippen LogP contribution is 2.38. The number of likely N-dealkylation sites (N-methyl/N-ethyl adjacent to an activating group) is 1. The smallest absolute Gasteiger partial charge is 0.255 e. The molecule has 3 aliphatic heterocycles. The standard InChI is InChI=1S/C23H34ClN5O2S/c1-28(2)23(32)20(14-3-8-26-9-4-14)29-10-5-15(6-11-29)27-22(30)17-13-18(24)19(25)16-7-12-31-21(16)17/h13-15,20,26H,3-12,25H2,1-2H3,(H,27,30). The maximum Gasteiger partial charge on any atom is 0.255 e. The number of nitrogen functional groups attached to an aromatic ring is 1. The minimum Gasteiger partial charge on any atom is -0.492 e. The van der Waals surface area contributed by atoms with Gasteiger partial charge in [0.05, 0.1) is 33.9 Å². The van der Waals surface area contributed by atoms with Crippen LogP contribution in [0.1, 0.15) is 41.6 Å². The van der Waals surface area contributed by atoms with E-state index in [1.807, 2.05) is 14.1 Å². The summed E-state index contributed by atoms with van der Waals surface area (Å²) in [4.78, 5) is 18.7. The van der Waals surface area contributed by atoms with Crippen LogP contribution in [0.25, 0.3) is 0 Å². The number of halogens is 1. The van der Waals surface area contributed by atoms with Gasteiger partial charge in [0.2, 0.25) is 0 Å². The molecule has 1 unspecified atom stereocenters. The molecule has 0 saturated carbocycles. The number of rotatable bonds is 5. The number of ether oxygens (including phenoxy) is 1. The molecule has 0 spiro atoms. The number of nitrogens with two attached hydrogens (primary N) is 1. The molecule has 2 fully saturated rings. The van der Waals surface area contributed by atoms with Crippen LogP contribution in [0.4, 0.5) is 5.69 Å². The van der Waals surface area contributed by atoms with E-state index in [0.717, 1.165) is 62.4 Å². The summed E-state index contributed by atoms with van der Waals surface area (Å²) in [5.74, 6) is 1.03. The van der Waals surface area contributed by atoms with Gasteiger partial charge in [0.1, 0.15) is 5.75 Å². The fourth-order valence-corrected chi connectivity index (χ4v) is 5.77. The van der Waals surface area contributed by atoms with Crippen LogP contribution in [0.5, 0.6) is 5.75 Å². The molecule has 1 amide bonds. The van der Waals surface area contributed by atoms with Crippen LogP contribution in [0.3, 0.4) is 0 Å². The quantitative estimate of drug-likeness (QED) is 0.441. The lowest BCUT2D eigenvalue weighted by atomic mass is 9.87. The number of piperidine rings is 2. The SMILES string of the molecule is CN(C)C(=S)C(C1CCNCC1)N1CCC(NC(=O)c2cc(Cl)c(N)c3c2OCC3)CC1. The van der Waals surface area contributed by atoms with Gasteiger partial charge >= 0.3 is 0 Å². The van der Waals surface area contributed by atoms with Crippen molar-refractivity contribution in [1.29, 1.82) is 0 Å². The molecule has 4 N–H and O–H groups in total. The van der Waals surface area contributed by atoms with Gasteiger partial charge in [0.25, 0.3) is 5.91 Å². The number of fused-ring (bicyclic) bond motifs is 1. The van der Waals surface area contributed by atoms with E-state index in [-0.39, 0.29) is 18.0 Å². The molecule has 7 nitrogen and oxygen atoms in total. The topological polar surface area (TPSA) is 82.9 Å². The Morgan fingerprint density at radius 3 is 2.66 bits per heavy atom. The molecule has 0 radical (unpaired) electrons. The first-order valence-electron chi connectivity index (χ1n) is 11.6. The molecule has 0 aliphatic carbocycles. The van der Waals surface area contributed by atoms with Crippen molar-refractivity contribution in [2.24, 2.45) is 5.92 Å². The summed E-state index contributed by atoms with van der Waals surface area (Å²) in [6, 6.07) is 2.04. The lowest BCUT2D eigenvalue weighted by molar-refractivity contribution is 0.0875. The van der Waals surface area contributed by atoms with Crippen LogP contribution in [0, 0.1) is 5.92 Å². The second-order valence-corrected chi connectivity index (χ2v) is 10.1. The van der Waals surface area contributed by atoms with E-state index in [2.05, 4.69) is 20.4 Å². The highest BCUT2D eigenvalue weighted by Gasteiger charge is 2.35. The number of hydrogen-bond donors (Lipinski definition) is 3. The number of nitrogens with zero attached hydrogens (tertiary/aromatic N) is 2. The minimum absolute atomic E-state index is 0.119. The van der Waals surface area contributed by atoms with Crippen LogP contribution >= 0.6 is 23.8 Å². The minimum atomic E-state index is -0.137. The number of anilines is 1. The Hall–Kier alpha value is -1.61. The number of carbonyl (C=O) groups excluding carboxylic acids is 1. The lowest BCUT2D eigenvalue weighted by Crippen LogP contribution is -2.56. The van der Waals surface area contributed by atoms with Crippen molar-refractivity contribution in [2.45, 2.75) is 44.2 Å². The van der Waals surface area contributed by atoms with E-state index in [0.29, 0.717) is 41.0 Å². The van der Waals surface area contributed by atoms with Gasteiger partial charge in [0.15, 0.2) is 0 Å². The summed E-state index contributed by atoms with van der Waals surface area (Å²) in [5, 5.41) is 7.08. The molecular formula is C23H34ClN5O2S. The van der Waals surface area contributed by atoms with E-state index in [1.165, 1.54) is 0 Å². The molecule has 0 aromatic heterocycles. The Bertz CT molecular complexity index is 866. The van der Waals surface area contributed by atoms with E-state index >= 15 is 0 Å². The van der Waals surface area contributed by atoms with Crippen molar-refractivity contribution < 1.29 is 9.53 Å². The van der Waals surface area contributed by atoms with Crippen molar-refractivity contribution in [3.05, 3.63) is 22.2 Å². The predicted molar refractivity (Wildman–Crippen MR) is 133 cm³/mol. The third-order valence-electron chi connectivity index (χ3n) is 7.00. The molecule has 1 aromatic carbocycles. The van der Waals surface area contributed by atoms with Crippen LogP contribution < -0.4 is 21.1 Å². The second kappa shape index (κ2) is 10.1. The van der Waals surface area contributed by atoms with Crippen molar-refractivity contribution in [1.82, 2.24) is 20.4 Å². The van der Waals surface area contributed by atoms with Crippen molar-refractivity contribution in [3.63, 3.8) is 0 Å². The van der Waals surface area contributed by atoms with Gasteiger partial charge in [-0.1, -0.05) is 23.8 Å². The Morgan fingerprint density at radius 1 is 1.31 bits per heavy atom. The monoisotopic (exact) mass is 479 g/mol. The van der Waals surface area contributed by atoms with E-state index in [4.69, 9.17) is 34.3 Å². The summed E-state index contributed by atoms with van der Waals surface area (Å²) < 4.78 is 5.71. The highest BCUT2D eigenvalue weighted by atomic mass is 35.5. The first kappa shape index (κ1) is 23.5. The predicted octanol–water partition coefficient (Wildman–Crippen LogP) is 2.31. The molecule has 0 bridgehead atoms. The molecule has 176 valence electrons. The summed E-state index contributed by atoms with van der Waals surface area (Å²) >= 11 is 12.1. The van der Waals surface area contributed by atoms with Crippen LogP contribution in [0.15, 0.2) is 6.07 Å². The summed E-state index contributed by atoms with van der Waals surface area (Å²) in [6.45, 7) is 4.48. The number of thiocarbonyl (C=S) groups is 1. The number of hydrogen-bond acceptors (Lipinski definition) is 6. The average molecular weight is 480 g/mol. The molecular weight excluding hydrogens is 446 g/mol. The first-order valence-corrected chi connectivity index (χ1v) is 12.4. The third kappa shape index (κ3) is 4.83. The largest absolute Gasteiger partial charge is 0.492 e. The zero-order chi connectivity index (χ0) is 22.8. The molecule has 4 rings (SSSR count). The molecule has 2 saturated heterocycles. The Morgan fingerprint density at radius 2 is 2.00 bits per heavy atom. The summed E-state index contributed by atoms with van der Waals surface area (Å²) in [6.07, 6.45) is 4.78. The van der Waals surface area contributed by atoms with E-state index in [1.54, 1.807) is 6.07 Å². The van der Waals surface area contributed by atoms with E-state index in [9.17, 15) is 4.79 Å². The fraction of sp³-hybridized carbons (Fsp3) is 0.652.